The largest absolute Gasteiger partial charge is 0.392 e. The Labute approximate surface area is 232 Å². The summed E-state index contributed by atoms with van der Waals surface area (Å²) in [7, 11) is 3.28. The Kier molecular flexibility index (Phi) is 10.9. The lowest BCUT2D eigenvalue weighted by atomic mass is 10.0. The van der Waals surface area contributed by atoms with Crippen molar-refractivity contribution in [2.75, 3.05) is 20.6 Å². The molecular weight excluding hydrogens is 512 g/mol. The average molecular weight is 545 g/mol. The highest BCUT2D eigenvalue weighted by molar-refractivity contribution is 6.22. The number of hydrogen-bond acceptors (Lipinski definition) is 9. The van der Waals surface area contributed by atoms with Gasteiger partial charge < -0.3 is 16.8 Å². The number of carbonyl (C=O) groups is 2. The van der Waals surface area contributed by atoms with E-state index in [1.165, 1.54) is 25.4 Å². The zero-order chi connectivity index (χ0) is 30.0. The molecule has 12 nitrogen and oxygen atoms in total. The molecule has 0 unspecified atom stereocenters. The van der Waals surface area contributed by atoms with Crippen LogP contribution in [0.15, 0.2) is 104 Å². The first-order chi connectivity index (χ1) is 19.1. The summed E-state index contributed by atoms with van der Waals surface area (Å²) in [6.45, 7) is 11.4. The van der Waals surface area contributed by atoms with Crippen molar-refractivity contribution >= 4 is 36.3 Å². The van der Waals surface area contributed by atoms with Crippen molar-refractivity contribution in [2.24, 2.45) is 26.4 Å². The number of amides is 2. The Morgan fingerprint density at radius 3 is 2.52 bits per heavy atom. The van der Waals surface area contributed by atoms with E-state index in [9.17, 15) is 19.7 Å². The molecule has 0 radical (unpaired) electrons. The zero-order valence-corrected chi connectivity index (χ0v) is 22.8. The normalized spacial score (nSPS) is 19.3. The number of imide groups is 1. The van der Waals surface area contributed by atoms with E-state index < -0.39 is 16.7 Å². The van der Waals surface area contributed by atoms with Gasteiger partial charge in [0.05, 0.1) is 34.0 Å². The van der Waals surface area contributed by atoms with E-state index in [4.69, 9.17) is 5.73 Å². The van der Waals surface area contributed by atoms with Crippen molar-refractivity contribution < 1.29 is 14.5 Å². The monoisotopic (exact) mass is 544 g/mol. The molecule has 0 aromatic heterocycles. The minimum absolute atomic E-state index is 0.0265. The van der Waals surface area contributed by atoms with Gasteiger partial charge in [-0.2, -0.15) is 0 Å². The van der Waals surface area contributed by atoms with Crippen LogP contribution in [0.5, 0.6) is 0 Å². The summed E-state index contributed by atoms with van der Waals surface area (Å²) in [6, 6.07) is 3.59. The van der Waals surface area contributed by atoms with Gasteiger partial charge in [-0.25, -0.2) is 9.89 Å². The van der Waals surface area contributed by atoms with E-state index in [2.05, 4.69) is 39.3 Å². The third-order valence-electron chi connectivity index (χ3n) is 5.73. The van der Waals surface area contributed by atoms with Crippen LogP contribution < -0.4 is 16.8 Å². The summed E-state index contributed by atoms with van der Waals surface area (Å²) >= 11 is 0. The maximum Gasteiger partial charge on any atom is 0.270 e. The third kappa shape index (κ3) is 6.99. The molecule has 2 aliphatic heterocycles. The molecule has 2 aliphatic rings. The molecule has 208 valence electrons. The van der Waals surface area contributed by atoms with Crippen molar-refractivity contribution in [1.29, 1.82) is 0 Å². The topological polar surface area (TPSA) is 182 Å². The highest BCUT2D eigenvalue weighted by atomic mass is 16.6. The molecule has 0 bridgehead atoms. The lowest BCUT2D eigenvalue weighted by molar-refractivity contribution is -0.384. The first-order valence-electron chi connectivity index (χ1n) is 12.0. The van der Waals surface area contributed by atoms with Crippen LogP contribution in [-0.4, -0.2) is 61.0 Å². The van der Waals surface area contributed by atoms with Gasteiger partial charge in [0.1, 0.15) is 5.84 Å². The number of nitro groups is 1. The number of fused-ring (bicyclic) bond motifs is 1. The molecule has 0 atom stereocenters. The minimum Gasteiger partial charge on any atom is -0.392 e. The number of nitrogens with one attached hydrogen (secondary N) is 1. The first-order valence-corrected chi connectivity index (χ1v) is 12.0. The highest BCUT2D eigenvalue weighted by Crippen LogP contribution is 2.30. The van der Waals surface area contributed by atoms with E-state index in [-0.39, 0.29) is 23.4 Å². The van der Waals surface area contributed by atoms with Crippen LogP contribution in [0.4, 0.5) is 5.69 Å². The van der Waals surface area contributed by atoms with Crippen LogP contribution in [0, 0.1) is 10.1 Å². The van der Waals surface area contributed by atoms with Gasteiger partial charge in [-0.15, -0.1) is 0 Å². The van der Waals surface area contributed by atoms with Crippen molar-refractivity contribution in [3.05, 3.63) is 110 Å². The number of nitrogens with two attached hydrogens (primary N) is 2. The number of nitrogens with zero attached hydrogens (tertiary/aromatic N) is 5. The number of carbonyl (C=O) groups excluding carboxylic acids is 2. The molecule has 0 spiro atoms. The molecule has 0 saturated carbocycles. The summed E-state index contributed by atoms with van der Waals surface area (Å²) in [5.74, 6) is -0.928. The molecule has 1 aromatic carbocycles. The number of hydrogen-bond donors (Lipinski definition) is 3. The van der Waals surface area contributed by atoms with Gasteiger partial charge in [0, 0.05) is 42.9 Å². The third-order valence-corrected chi connectivity index (χ3v) is 5.73. The predicted molar refractivity (Wildman–Crippen MR) is 158 cm³/mol. The minimum atomic E-state index is -0.650. The van der Waals surface area contributed by atoms with Crippen molar-refractivity contribution in [1.82, 2.24) is 10.2 Å². The van der Waals surface area contributed by atoms with Crippen LogP contribution in [0.2, 0.25) is 0 Å². The van der Waals surface area contributed by atoms with Crippen LogP contribution in [0.1, 0.15) is 34.6 Å². The maximum absolute atomic E-state index is 13.0. The average Bonchev–Trinajstić information content (AvgIpc) is 3.24. The van der Waals surface area contributed by atoms with Crippen LogP contribution in [-0.2, 0) is 0 Å². The quantitative estimate of drug-likeness (QED) is 0.155. The Morgan fingerprint density at radius 2 is 1.90 bits per heavy atom. The second kappa shape index (κ2) is 14.1. The number of amidine groups is 1. The van der Waals surface area contributed by atoms with E-state index in [1.807, 2.05) is 6.92 Å². The number of benzene rings is 1. The summed E-state index contributed by atoms with van der Waals surface area (Å²) in [5.41, 5.74) is 13.6. The standard InChI is InChI=1S/C27H27N7O4.CH5N/c1-16-7-6-8-20(33-26(35)21-10-9-19(34(37)38)12-22(21)27(33)36)14-31-15-23(16)25(30-5)17(2)13-32-24(28)11-18(3)29-4;1-2/h6-13,15,29H,1,5,14H2,2-4H3,(H2,28,32);2H2,1H3/b7-6-,17-13-,18-11-,20-8+,25-23-,31-15?;. The van der Waals surface area contributed by atoms with Crippen molar-refractivity contribution in [3.63, 3.8) is 0 Å². The second-order valence-corrected chi connectivity index (χ2v) is 8.31. The van der Waals surface area contributed by atoms with E-state index in [1.54, 1.807) is 44.5 Å². The molecule has 2 amide bonds. The molecule has 0 saturated heterocycles. The summed E-state index contributed by atoms with van der Waals surface area (Å²) in [5, 5.41) is 14.1. The first kappa shape index (κ1) is 31.0. The summed E-state index contributed by atoms with van der Waals surface area (Å²) < 4.78 is 0. The second-order valence-electron chi connectivity index (χ2n) is 8.31. The number of aliphatic imine (C=N–C) groups is 3. The summed E-state index contributed by atoms with van der Waals surface area (Å²) in [4.78, 5) is 50.3. The van der Waals surface area contributed by atoms with E-state index in [0.29, 0.717) is 33.9 Å². The molecule has 40 heavy (non-hydrogen) atoms. The van der Waals surface area contributed by atoms with Crippen molar-refractivity contribution in [2.45, 2.75) is 13.8 Å². The molecule has 0 aliphatic carbocycles. The van der Waals surface area contributed by atoms with Crippen LogP contribution in [0.25, 0.3) is 0 Å². The van der Waals surface area contributed by atoms with E-state index in [0.717, 1.165) is 16.7 Å². The Morgan fingerprint density at radius 1 is 1.23 bits per heavy atom. The number of non-ortho nitro benzene ring substituents is 1. The van der Waals surface area contributed by atoms with Gasteiger partial charge >= 0.3 is 0 Å². The van der Waals surface area contributed by atoms with E-state index >= 15 is 0 Å². The lowest BCUT2D eigenvalue weighted by Crippen LogP contribution is -2.30. The number of nitro benzene ring substituents is 1. The van der Waals surface area contributed by atoms with Crippen molar-refractivity contribution in [3.8, 4) is 0 Å². The van der Waals surface area contributed by atoms with Gasteiger partial charge in [-0.05, 0) is 57.0 Å². The van der Waals surface area contributed by atoms with Gasteiger partial charge in [0.15, 0.2) is 0 Å². The fourth-order valence-electron chi connectivity index (χ4n) is 3.68. The number of allylic oxidation sites excluding steroid dienone is 7. The smallest absolute Gasteiger partial charge is 0.270 e. The van der Waals surface area contributed by atoms with Gasteiger partial charge in [0.25, 0.3) is 17.5 Å². The Bertz CT molecular complexity index is 1460. The molecule has 0 fully saturated rings. The maximum atomic E-state index is 13.0. The zero-order valence-electron chi connectivity index (χ0n) is 22.8. The molecular formula is C28H32N8O4. The van der Waals surface area contributed by atoms with Crippen LogP contribution in [0.3, 0.4) is 0 Å². The number of rotatable bonds is 7. The molecule has 1 aromatic rings. The fraction of sp³-hybridized carbons (Fsp3) is 0.179. The molecule has 5 N–H and O–H groups in total. The van der Waals surface area contributed by atoms with Gasteiger partial charge in [0.2, 0.25) is 0 Å². The predicted octanol–water partition coefficient (Wildman–Crippen LogP) is 3.19. The Hall–Kier alpha value is -5.23. The fourth-order valence-corrected chi connectivity index (χ4v) is 3.68. The summed E-state index contributed by atoms with van der Waals surface area (Å²) in [6.07, 6.45) is 9.68. The molecule has 3 rings (SSSR count). The molecule has 2 heterocycles. The molecule has 12 heteroatoms. The van der Waals surface area contributed by atoms with Gasteiger partial charge in [-0.1, -0.05) is 18.7 Å². The lowest BCUT2D eigenvalue weighted by Gasteiger charge is -2.16. The Balaban J connectivity index is 0.00000274. The van der Waals surface area contributed by atoms with Gasteiger partial charge in [-0.3, -0.25) is 29.7 Å². The highest BCUT2D eigenvalue weighted by Gasteiger charge is 2.38. The SMILES string of the molecule is C=NC(/C(C)=C\N=C(N)\C=C(\C)NC)=C1/C=NC/C(N2C(=O)c3ccc([N+](=O)[O-])cc3C2=O)=C\C=C/C1=C.CN. The van der Waals surface area contributed by atoms with Crippen LogP contribution >= 0.6 is 0 Å².